The third-order valence-corrected chi connectivity index (χ3v) is 3.23. The van der Waals surface area contributed by atoms with Crippen molar-refractivity contribution in [3.05, 3.63) is 65.0 Å². The Kier molecular flexibility index (Phi) is 5.30. The van der Waals surface area contributed by atoms with E-state index in [4.69, 9.17) is 10.00 Å². The lowest BCUT2D eigenvalue weighted by atomic mass is 10.1. The number of anilines is 1. The zero-order valence-corrected chi connectivity index (χ0v) is 11.9. The van der Waals surface area contributed by atoms with Gasteiger partial charge in [-0.25, -0.2) is 4.39 Å². The van der Waals surface area contributed by atoms with Crippen molar-refractivity contribution in [2.24, 2.45) is 0 Å². The van der Waals surface area contributed by atoms with Crippen molar-refractivity contribution in [1.29, 1.82) is 5.26 Å². The summed E-state index contributed by atoms with van der Waals surface area (Å²) >= 11 is 0. The zero-order valence-electron chi connectivity index (χ0n) is 11.9. The van der Waals surface area contributed by atoms with Gasteiger partial charge in [0.15, 0.2) is 0 Å². The van der Waals surface area contributed by atoms with Gasteiger partial charge in [0.2, 0.25) is 0 Å². The number of halogens is 1. The molecule has 0 radical (unpaired) electrons. The van der Waals surface area contributed by atoms with Gasteiger partial charge < -0.3 is 10.1 Å². The summed E-state index contributed by atoms with van der Waals surface area (Å²) in [5.74, 6) is -0.484. The number of nitrogens with one attached hydrogen (secondary N) is 1. The van der Waals surface area contributed by atoms with E-state index in [9.17, 15) is 4.39 Å². The van der Waals surface area contributed by atoms with Gasteiger partial charge in [0, 0.05) is 19.3 Å². The van der Waals surface area contributed by atoms with Gasteiger partial charge in [0.1, 0.15) is 11.9 Å². The molecule has 1 N–H and O–H groups in total. The first kappa shape index (κ1) is 15.0. The van der Waals surface area contributed by atoms with Crippen LogP contribution < -0.4 is 5.32 Å². The lowest BCUT2D eigenvalue weighted by molar-refractivity contribution is 0.202. The van der Waals surface area contributed by atoms with Crippen LogP contribution in [-0.4, -0.2) is 13.7 Å². The Labute approximate surface area is 124 Å². The number of ether oxygens (including phenoxy) is 1. The fraction of sp³-hybridized carbons (Fsp3) is 0.235. The summed E-state index contributed by atoms with van der Waals surface area (Å²) in [6.45, 7) is 1.20. The topological polar surface area (TPSA) is 45.0 Å². The zero-order chi connectivity index (χ0) is 15.1. The molecule has 0 saturated carbocycles. The Morgan fingerprint density at radius 1 is 1.24 bits per heavy atom. The molecule has 0 unspecified atom stereocenters. The first-order chi connectivity index (χ1) is 10.2. The molecule has 0 bridgehead atoms. The molecule has 0 heterocycles. The summed E-state index contributed by atoms with van der Waals surface area (Å²) in [6.07, 6.45) is 0.826. The maximum atomic E-state index is 13.3. The van der Waals surface area contributed by atoms with E-state index in [1.54, 1.807) is 19.2 Å². The Balaban J connectivity index is 2.08. The summed E-state index contributed by atoms with van der Waals surface area (Å²) in [5, 5.41) is 12.2. The fourth-order valence-electron chi connectivity index (χ4n) is 2.09. The van der Waals surface area contributed by atoms with Crippen LogP contribution in [0.5, 0.6) is 0 Å². The number of rotatable bonds is 6. The SMILES string of the molecule is COCCc1ccccc1NCc1ccc(F)c(C#N)c1. The third kappa shape index (κ3) is 4.04. The minimum Gasteiger partial charge on any atom is -0.384 e. The number of methoxy groups -OCH3 is 1. The van der Waals surface area contributed by atoms with Crippen molar-refractivity contribution in [3.63, 3.8) is 0 Å². The maximum Gasteiger partial charge on any atom is 0.140 e. The van der Waals surface area contributed by atoms with Crippen LogP contribution in [0.1, 0.15) is 16.7 Å². The minimum absolute atomic E-state index is 0.0713. The van der Waals surface area contributed by atoms with Crippen molar-refractivity contribution in [2.75, 3.05) is 19.0 Å². The lowest BCUT2D eigenvalue weighted by Crippen LogP contribution is -2.04. The third-order valence-electron chi connectivity index (χ3n) is 3.23. The number of hydrogen-bond acceptors (Lipinski definition) is 3. The predicted molar refractivity (Wildman–Crippen MR) is 80.5 cm³/mol. The van der Waals surface area contributed by atoms with Crippen LogP contribution in [0.15, 0.2) is 42.5 Å². The molecule has 0 aliphatic rings. The molecular formula is C17H17FN2O. The molecule has 0 aliphatic carbocycles. The number of hydrogen-bond donors (Lipinski definition) is 1. The monoisotopic (exact) mass is 284 g/mol. The highest BCUT2D eigenvalue weighted by Crippen LogP contribution is 2.17. The van der Waals surface area contributed by atoms with E-state index >= 15 is 0 Å². The average Bonchev–Trinajstić information content (AvgIpc) is 2.53. The van der Waals surface area contributed by atoms with E-state index in [0.717, 1.165) is 17.7 Å². The van der Waals surface area contributed by atoms with Gasteiger partial charge in [-0.1, -0.05) is 24.3 Å². The molecule has 0 aliphatic heterocycles. The summed E-state index contributed by atoms with van der Waals surface area (Å²) in [4.78, 5) is 0. The Hall–Kier alpha value is -2.38. The molecule has 0 saturated heterocycles. The van der Waals surface area contributed by atoms with Crippen LogP contribution in [0.25, 0.3) is 0 Å². The van der Waals surface area contributed by atoms with Crippen LogP contribution in [0.2, 0.25) is 0 Å². The summed E-state index contributed by atoms with van der Waals surface area (Å²) in [6, 6.07) is 14.4. The Morgan fingerprint density at radius 3 is 2.81 bits per heavy atom. The predicted octanol–water partition coefficient (Wildman–Crippen LogP) is 3.50. The summed E-state index contributed by atoms with van der Waals surface area (Å²) in [5.41, 5.74) is 3.14. The second-order valence-electron chi connectivity index (χ2n) is 4.68. The van der Waals surface area contributed by atoms with Gasteiger partial charge in [-0.3, -0.25) is 0 Å². The lowest BCUT2D eigenvalue weighted by Gasteiger charge is -2.12. The molecular weight excluding hydrogens is 267 g/mol. The molecule has 0 spiro atoms. The number of para-hydroxylation sites is 1. The normalized spacial score (nSPS) is 10.1. The van der Waals surface area contributed by atoms with E-state index in [-0.39, 0.29) is 5.56 Å². The van der Waals surface area contributed by atoms with Crippen LogP contribution >= 0.6 is 0 Å². The smallest absolute Gasteiger partial charge is 0.140 e. The second-order valence-corrected chi connectivity index (χ2v) is 4.68. The van der Waals surface area contributed by atoms with Crippen molar-refractivity contribution in [2.45, 2.75) is 13.0 Å². The largest absolute Gasteiger partial charge is 0.384 e. The number of nitriles is 1. The standard InChI is InChI=1S/C17H17FN2O/c1-21-9-8-14-4-2-3-5-17(14)20-12-13-6-7-16(18)15(10-13)11-19/h2-7,10,20H,8-9,12H2,1H3. The van der Waals surface area contributed by atoms with Crippen LogP contribution in [0, 0.1) is 17.1 Å². The first-order valence-electron chi connectivity index (χ1n) is 6.74. The van der Waals surface area contributed by atoms with Gasteiger partial charge in [-0.15, -0.1) is 0 Å². The Bertz CT molecular complexity index is 649. The molecule has 21 heavy (non-hydrogen) atoms. The highest BCUT2D eigenvalue weighted by Gasteiger charge is 2.04. The molecule has 0 atom stereocenters. The van der Waals surface area contributed by atoms with Gasteiger partial charge in [0.05, 0.1) is 12.2 Å². The van der Waals surface area contributed by atoms with Crippen molar-refractivity contribution in [3.8, 4) is 6.07 Å². The number of benzene rings is 2. The van der Waals surface area contributed by atoms with E-state index < -0.39 is 5.82 Å². The summed E-state index contributed by atoms with van der Waals surface area (Å²) in [7, 11) is 1.68. The van der Waals surface area contributed by atoms with Gasteiger partial charge in [-0.05, 0) is 35.7 Å². The van der Waals surface area contributed by atoms with E-state index in [2.05, 4.69) is 5.32 Å². The maximum absolute atomic E-state index is 13.3. The molecule has 2 rings (SSSR count). The highest BCUT2D eigenvalue weighted by atomic mass is 19.1. The van der Waals surface area contributed by atoms with E-state index in [0.29, 0.717) is 13.2 Å². The summed E-state index contributed by atoms with van der Waals surface area (Å²) < 4.78 is 18.4. The average molecular weight is 284 g/mol. The van der Waals surface area contributed by atoms with E-state index in [1.165, 1.54) is 11.6 Å². The fourth-order valence-corrected chi connectivity index (χ4v) is 2.09. The van der Waals surface area contributed by atoms with Gasteiger partial charge >= 0.3 is 0 Å². The molecule has 3 nitrogen and oxygen atoms in total. The second kappa shape index (κ2) is 7.41. The quantitative estimate of drug-likeness (QED) is 0.883. The molecule has 0 amide bonds. The highest BCUT2D eigenvalue weighted by molar-refractivity contribution is 5.51. The van der Waals surface area contributed by atoms with Crippen LogP contribution in [-0.2, 0) is 17.7 Å². The van der Waals surface area contributed by atoms with Crippen molar-refractivity contribution < 1.29 is 9.13 Å². The first-order valence-corrected chi connectivity index (χ1v) is 6.74. The van der Waals surface area contributed by atoms with Crippen LogP contribution in [0.3, 0.4) is 0 Å². The minimum atomic E-state index is -0.484. The molecule has 0 aromatic heterocycles. The molecule has 2 aromatic carbocycles. The van der Waals surface area contributed by atoms with Crippen molar-refractivity contribution >= 4 is 5.69 Å². The molecule has 108 valence electrons. The van der Waals surface area contributed by atoms with Crippen LogP contribution in [0.4, 0.5) is 10.1 Å². The Morgan fingerprint density at radius 2 is 2.05 bits per heavy atom. The molecule has 0 fully saturated rings. The molecule has 4 heteroatoms. The van der Waals surface area contributed by atoms with Gasteiger partial charge in [0.25, 0.3) is 0 Å². The van der Waals surface area contributed by atoms with E-state index in [1.807, 2.05) is 30.3 Å². The number of nitrogens with zero attached hydrogens (tertiary/aromatic N) is 1. The molecule has 2 aromatic rings. The van der Waals surface area contributed by atoms with Crippen molar-refractivity contribution in [1.82, 2.24) is 0 Å². The van der Waals surface area contributed by atoms with Gasteiger partial charge in [-0.2, -0.15) is 5.26 Å².